The molecular weight excluding hydrogens is 274 g/mol. The number of carbonyl (C=O) groups is 1. The molecule has 8 heteroatoms. The van der Waals surface area contributed by atoms with E-state index in [-0.39, 0.29) is 11.2 Å². The maximum absolute atomic E-state index is 10.8. The van der Waals surface area contributed by atoms with Gasteiger partial charge in [0.1, 0.15) is 16.6 Å². The molecule has 1 aromatic heterocycles. The van der Waals surface area contributed by atoms with Crippen molar-refractivity contribution >= 4 is 34.2 Å². The summed E-state index contributed by atoms with van der Waals surface area (Å²) < 4.78 is 3.98. The number of amides is 2. The number of halogens is 1. The summed E-state index contributed by atoms with van der Waals surface area (Å²) in [4.78, 5) is 12.8. The molecule has 1 aliphatic rings. The van der Waals surface area contributed by atoms with Crippen molar-refractivity contribution in [3.05, 3.63) is 10.7 Å². The van der Waals surface area contributed by atoms with Gasteiger partial charge in [0.2, 0.25) is 0 Å². The van der Waals surface area contributed by atoms with Gasteiger partial charge in [-0.1, -0.05) is 11.6 Å². The Bertz CT molecular complexity index is 489. The van der Waals surface area contributed by atoms with Gasteiger partial charge in [-0.15, -0.1) is 0 Å². The van der Waals surface area contributed by atoms with Crippen LogP contribution >= 0.6 is 23.1 Å². The van der Waals surface area contributed by atoms with Crippen molar-refractivity contribution in [2.24, 2.45) is 5.73 Å². The van der Waals surface area contributed by atoms with E-state index in [1.165, 1.54) is 11.5 Å². The standard InChI is InChI=1S/C10H12ClN5OS/c11-8-7(5-12)9(18-15-8)16-3-1-6(2-4-16)14-10(13)17/h6H,1-4H2,(H3,13,14,17). The van der Waals surface area contributed by atoms with E-state index in [1.54, 1.807) is 0 Å². The molecule has 0 atom stereocenters. The van der Waals surface area contributed by atoms with E-state index >= 15 is 0 Å². The number of hydrogen-bond donors (Lipinski definition) is 2. The highest BCUT2D eigenvalue weighted by atomic mass is 35.5. The minimum absolute atomic E-state index is 0.104. The number of primary amides is 1. The summed E-state index contributed by atoms with van der Waals surface area (Å²) in [5.74, 6) is 0. The molecule has 96 valence electrons. The zero-order valence-corrected chi connectivity index (χ0v) is 11.1. The van der Waals surface area contributed by atoms with Gasteiger partial charge in [-0.2, -0.15) is 9.64 Å². The van der Waals surface area contributed by atoms with E-state index < -0.39 is 6.03 Å². The molecule has 0 spiro atoms. The summed E-state index contributed by atoms with van der Waals surface area (Å²) in [6.45, 7) is 1.50. The normalized spacial score (nSPS) is 16.3. The van der Waals surface area contributed by atoms with Gasteiger partial charge in [-0.3, -0.25) is 0 Å². The topological polar surface area (TPSA) is 95.0 Å². The van der Waals surface area contributed by atoms with Crippen LogP contribution in [0.4, 0.5) is 9.80 Å². The Hall–Kier alpha value is -1.52. The monoisotopic (exact) mass is 285 g/mol. The van der Waals surface area contributed by atoms with Crippen LogP contribution in [-0.2, 0) is 0 Å². The van der Waals surface area contributed by atoms with E-state index in [9.17, 15) is 4.79 Å². The van der Waals surface area contributed by atoms with E-state index in [4.69, 9.17) is 22.6 Å². The smallest absolute Gasteiger partial charge is 0.312 e. The number of nitrogens with one attached hydrogen (secondary N) is 1. The Morgan fingerprint density at radius 3 is 2.83 bits per heavy atom. The number of hydrogen-bond acceptors (Lipinski definition) is 5. The molecule has 1 saturated heterocycles. The summed E-state index contributed by atoms with van der Waals surface area (Å²) in [5.41, 5.74) is 5.52. The van der Waals surface area contributed by atoms with Crippen LogP contribution in [0.25, 0.3) is 0 Å². The third-order valence-corrected chi connectivity index (χ3v) is 4.16. The molecule has 6 nitrogen and oxygen atoms in total. The molecule has 2 amide bonds. The molecule has 2 heterocycles. The SMILES string of the molecule is N#Cc1c(Cl)nsc1N1CCC(NC(N)=O)CC1. The van der Waals surface area contributed by atoms with Crippen LogP contribution in [0.2, 0.25) is 5.15 Å². The lowest BCUT2D eigenvalue weighted by molar-refractivity contribution is 0.242. The zero-order chi connectivity index (χ0) is 13.1. The Kier molecular flexibility index (Phi) is 3.89. The van der Waals surface area contributed by atoms with Crippen LogP contribution in [-0.4, -0.2) is 29.5 Å². The molecule has 3 N–H and O–H groups in total. The predicted octanol–water partition coefficient (Wildman–Crippen LogP) is 1.31. The molecule has 0 saturated carbocycles. The third kappa shape index (κ3) is 2.66. The lowest BCUT2D eigenvalue weighted by Crippen LogP contribution is -2.46. The van der Waals surface area contributed by atoms with Crippen LogP contribution in [0.1, 0.15) is 18.4 Å². The molecule has 18 heavy (non-hydrogen) atoms. The first-order valence-corrected chi connectivity index (χ1v) is 6.63. The minimum atomic E-state index is -0.494. The highest BCUT2D eigenvalue weighted by molar-refractivity contribution is 7.10. The van der Waals surface area contributed by atoms with Crippen molar-refractivity contribution in [3.8, 4) is 6.07 Å². The highest BCUT2D eigenvalue weighted by Gasteiger charge is 2.24. The Morgan fingerprint density at radius 2 is 2.28 bits per heavy atom. The number of nitrogens with two attached hydrogens (primary N) is 1. The van der Waals surface area contributed by atoms with Crippen LogP contribution in [0.15, 0.2) is 0 Å². The molecule has 0 radical (unpaired) electrons. The lowest BCUT2D eigenvalue weighted by atomic mass is 10.1. The highest BCUT2D eigenvalue weighted by Crippen LogP contribution is 2.32. The molecule has 0 aromatic carbocycles. The lowest BCUT2D eigenvalue weighted by Gasteiger charge is -2.32. The number of carbonyl (C=O) groups excluding carboxylic acids is 1. The molecule has 0 bridgehead atoms. The Morgan fingerprint density at radius 1 is 1.61 bits per heavy atom. The van der Waals surface area contributed by atoms with E-state index in [2.05, 4.69) is 20.7 Å². The summed E-state index contributed by atoms with van der Waals surface area (Å²) in [6, 6.07) is 1.68. The summed E-state index contributed by atoms with van der Waals surface area (Å²) in [7, 11) is 0. The average Bonchev–Trinajstić information content (AvgIpc) is 2.70. The van der Waals surface area contributed by atoms with Gasteiger partial charge < -0.3 is 16.0 Å². The van der Waals surface area contributed by atoms with Gasteiger partial charge in [0, 0.05) is 19.1 Å². The number of rotatable bonds is 2. The quantitative estimate of drug-likeness (QED) is 0.856. The molecule has 0 unspecified atom stereocenters. The van der Waals surface area contributed by atoms with Crippen LogP contribution < -0.4 is 16.0 Å². The van der Waals surface area contributed by atoms with Gasteiger partial charge in [-0.05, 0) is 24.4 Å². The molecule has 2 rings (SSSR count). The van der Waals surface area contributed by atoms with E-state index in [0.29, 0.717) is 5.56 Å². The summed E-state index contributed by atoms with van der Waals surface area (Å²) in [5, 5.41) is 12.8. The van der Waals surface area contributed by atoms with Gasteiger partial charge in [-0.25, -0.2) is 4.79 Å². The number of piperidine rings is 1. The van der Waals surface area contributed by atoms with Crippen LogP contribution in [0, 0.1) is 11.3 Å². The maximum atomic E-state index is 10.8. The second kappa shape index (κ2) is 5.42. The first-order valence-electron chi connectivity index (χ1n) is 5.48. The Labute approximate surface area is 113 Å². The van der Waals surface area contributed by atoms with Crippen molar-refractivity contribution in [2.75, 3.05) is 18.0 Å². The second-order valence-corrected chi connectivity index (χ2v) is 5.15. The van der Waals surface area contributed by atoms with E-state index in [1.807, 2.05) is 0 Å². The molecule has 0 aliphatic carbocycles. The van der Waals surface area contributed by atoms with Crippen molar-refractivity contribution in [2.45, 2.75) is 18.9 Å². The van der Waals surface area contributed by atoms with Crippen molar-refractivity contribution in [1.82, 2.24) is 9.69 Å². The fraction of sp³-hybridized carbons (Fsp3) is 0.500. The first kappa shape index (κ1) is 12.9. The number of aromatic nitrogens is 1. The molecule has 1 aliphatic heterocycles. The third-order valence-electron chi connectivity index (χ3n) is 2.87. The maximum Gasteiger partial charge on any atom is 0.312 e. The van der Waals surface area contributed by atoms with Crippen LogP contribution in [0.3, 0.4) is 0 Å². The number of nitrogens with zero attached hydrogens (tertiary/aromatic N) is 3. The molecule has 1 fully saturated rings. The number of anilines is 1. The Balaban J connectivity index is 2.01. The van der Waals surface area contributed by atoms with Gasteiger partial charge >= 0.3 is 6.03 Å². The second-order valence-electron chi connectivity index (χ2n) is 4.04. The van der Waals surface area contributed by atoms with Crippen LogP contribution in [0.5, 0.6) is 0 Å². The van der Waals surface area contributed by atoms with Crippen molar-refractivity contribution in [3.63, 3.8) is 0 Å². The largest absolute Gasteiger partial charge is 0.361 e. The fourth-order valence-electron chi connectivity index (χ4n) is 2.00. The number of nitriles is 1. The minimum Gasteiger partial charge on any atom is -0.361 e. The first-order chi connectivity index (χ1) is 8.61. The van der Waals surface area contributed by atoms with Crippen molar-refractivity contribution in [1.29, 1.82) is 5.26 Å². The zero-order valence-electron chi connectivity index (χ0n) is 9.52. The molecular formula is C10H12ClN5OS. The summed E-state index contributed by atoms with van der Waals surface area (Å²) in [6.07, 6.45) is 1.59. The van der Waals surface area contributed by atoms with Gasteiger partial charge in [0.15, 0.2) is 5.15 Å². The number of urea groups is 1. The van der Waals surface area contributed by atoms with Gasteiger partial charge in [0.25, 0.3) is 0 Å². The summed E-state index contributed by atoms with van der Waals surface area (Å²) >= 11 is 7.07. The predicted molar refractivity (Wildman–Crippen MR) is 69.8 cm³/mol. The average molecular weight is 286 g/mol. The van der Waals surface area contributed by atoms with E-state index in [0.717, 1.165) is 30.9 Å². The van der Waals surface area contributed by atoms with Crippen molar-refractivity contribution < 1.29 is 4.79 Å². The fourth-order valence-corrected chi connectivity index (χ4v) is 3.08. The molecule has 1 aromatic rings. The van der Waals surface area contributed by atoms with Gasteiger partial charge in [0.05, 0.1) is 0 Å².